The molecular weight excluding hydrogens is 256 g/mol. The zero-order chi connectivity index (χ0) is 14.7. The number of carbonyl (C=O) groups excluding carboxylic acids is 1. The number of quaternary nitrogens is 1. The number of amides is 1. The van der Waals surface area contributed by atoms with E-state index in [1.165, 1.54) is 6.92 Å². The molecule has 0 fully saturated rings. The van der Waals surface area contributed by atoms with E-state index in [-0.39, 0.29) is 36.6 Å². The van der Waals surface area contributed by atoms with Crippen molar-refractivity contribution in [1.29, 1.82) is 0 Å². The van der Waals surface area contributed by atoms with Crippen LogP contribution in [0.15, 0.2) is 0 Å². The highest BCUT2D eigenvalue weighted by Crippen LogP contribution is 2.08. The van der Waals surface area contributed by atoms with Crippen LogP contribution in [0.4, 0.5) is 0 Å². The summed E-state index contributed by atoms with van der Waals surface area (Å²) >= 11 is 0. The second kappa shape index (κ2) is 9.68. The Morgan fingerprint density at radius 2 is 1.95 bits per heavy atom. The van der Waals surface area contributed by atoms with E-state index in [4.69, 9.17) is 10.2 Å². The molecule has 0 heterocycles. The number of rotatable bonds is 11. The highest BCUT2D eigenvalue weighted by molar-refractivity contribution is 5.72. The number of nitrogens with one attached hydrogen (secondary N) is 1. The number of aliphatic hydroxyl groups is 1. The molecule has 1 amide bonds. The van der Waals surface area contributed by atoms with Gasteiger partial charge >= 0.3 is 5.97 Å². The van der Waals surface area contributed by atoms with Gasteiger partial charge in [-0.1, -0.05) is 0 Å². The molecule has 0 spiro atoms. The van der Waals surface area contributed by atoms with Crippen LogP contribution in [0.1, 0.15) is 13.3 Å². The quantitative estimate of drug-likeness (QED) is 0.222. The second-order valence-corrected chi connectivity index (χ2v) is 4.41. The van der Waals surface area contributed by atoms with E-state index >= 15 is 0 Å². The van der Waals surface area contributed by atoms with E-state index in [0.29, 0.717) is 26.2 Å². The van der Waals surface area contributed by atoms with E-state index in [2.05, 4.69) is 10.2 Å². The Morgan fingerprint density at radius 1 is 1.26 bits per heavy atom. The molecule has 0 rings (SSSR count). The number of hydrogen-bond donors (Lipinski definition) is 3. The van der Waals surface area contributed by atoms with Crippen molar-refractivity contribution in [2.45, 2.75) is 13.3 Å². The maximum atomic E-state index is 10.8. The van der Waals surface area contributed by atoms with Gasteiger partial charge in [0.2, 0.25) is 5.91 Å². The summed E-state index contributed by atoms with van der Waals surface area (Å²) in [6, 6.07) is 0. The summed E-state index contributed by atoms with van der Waals surface area (Å²) < 4.78 is 0.228. The number of aliphatic hydroxyl groups excluding tert-OH is 1. The summed E-state index contributed by atoms with van der Waals surface area (Å²) in [4.78, 5) is 25.3. The molecule has 1 unspecified atom stereocenters. The minimum absolute atomic E-state index is 0.0698. The lowest BCUT2D eigenvalue weighted by Crippen LogP contribution is -2.56. The zero-order valence-corrected chi connectivity index (χ0v) is 11.1. The third-order valence-electron chi connectivity index (χ3n) is 2.98. The number of carbonyl (C=O) groups is 2. The van der Waals surface area contributed by atoms with Gasteiger partial charge in [-0.15, -0.1) is 0 Å². The van der Waals surface area contributed by atoms with E-state index < -0.39 is 5.97 Å². The highest BCUT2D eigenvalue weighted by atomic mass is 17.1. The van der Waals surface area contributed by atoms with Crippen LogP contribution in [0.2, 0.25) is 0 Å². The monoisotopic (exact) mass is 278 g/mol. The summed E-state index contributed by atoms with van der Waals surface area (Å²) in [5.74, 6) is -1.12. The van der Waals surface area contributed by atoms with Crippen LogP contribution in [0.5, 0.6) is 0 Å². The number of nitrogens with zero attached hydrogens (tertiary/aromatic N) is 1. The maximum Gasteiger partial charge on any atom is 0.309 e. The summed E-state index contributed by atoms with van der Waals surface area (Å²) in [6.07, 6.45) is -0.0705. The van der Waals surface area contributed by atoms with Gasteiger partial charge < -0.3 is 30.2 Å². The van der Waals surface area contributed by atoms with Gasteiger partial charge in [-0.2, -0.15) is 0 Å². The van der Waals surface area contributed by atoms with Crippen LogP contribution in [-0.2, 0) is 14.5 Å². The molecule has 0 radical (unpaired) electrons. The Balaban J connectivity index is 4.58. The third kappa shape index (κ3) is 8.49. The highest BCUT2D eigenvalue weighted by Gasteiger charge is 2.27. The molecule has 1 atom stereocenters. The average molecular weight is 278 g/mol. The molecule has 0 aromatic rings. The first kappa shape index (κ1) is 17.8. The van der Waals surface area contributed by atoms with Crippen LogP contribution in [-0.4, -0.2) is 72.5 Å². The van der Waals surface area contributed by atoms with Gasteiger partial charge in [0.25, 0.3) is 0 Å². The average Bonchev–Trinajstić information content (AvgIpc) is 2.33. The van der Waals surface area contributed by atoms with Gasteiger partial charge in [0, 0.05) is 6.92 Å². The van der Waals surface area contributed by atoms with E-state index in [0.717, 1.165) is 0 Å². The Labute approximate surface area is 112 Å². The zero-order valence-electron chi connectivity index (χ0n) is 11.1. The SMILES string of the molecule is CC(=O)NCC[N+](CCO)(CCO[O-])CCC(=O)O. The molecule has 0 bridgehead atoms. The largest absolute Gasteiger partial charge is 0.723 e. The smallest absolute Gasteiger partial charge is 0.309 e. The van der Waals surface area contributed by atoms with E-state index in [1.807, 2.05) is 0 Å². The van der Waals surface area contributed by atoms with Crippen molar-refractivity contribution in [2.24, 2.45) is 0 Å². The minimum atomic E-state index is -0.942. The Hall–Kier alpha value is -1.22. The standard InChI is InChI=1S/C11H22N2O6/c1-10(15)12-3-5-13(6-8-14,7-9-19-18)4-2-11(16)17/h14H,2-9H2,1H3,(H2-,12,15,16,17,18). The number of aliphatic carboxylic acids is 1. The van der Waals surface area contributed by atoms with Gasteiger partial charge in [0.15, 0.2) is 0 Å². The fourth-order valence-electron chi connectivity index (χ4n) is 1.92. The third-order valence-corrected chi connectivity index (χ3v) is 2.98. The Kier molecular flexibility index (Phi) is 9.06. The lowest BCUT2D eigenvalue weighted by atomic mass is 10.2. The molecule has 0 aliphatic rings. The van der Waals surface area contributed by atoms with E-state index in [9.17, 15) is 14.8 Å². The van der Waals surface area contributed by atoms with Crippen molar-refractivity contribution in [3.05, 3.63) is 0 Å². The predicted molar refractivity (Wildman–Crippen MR) is 63.7 cm³/mol. The molecule has 112 valence electrons. The fourth-order valence-corrected chi connectivity index (χ4v) is 1.92. The maximum absolute atomic E-state index is 10.8. The molecule has 0 aromatic heterocycles. The van der Waals surface area contributed by atoms with Crippen molar-refractivity contribution in [1.82, 2.24) is 5.32 Å². The van der Waals surface area contributed by atoms with Crippen LogP contribution >= 0.6 is 0 Å². The summed E-state index contributed by atoms with van der Waals surface area (Å²) in [6.45, 7) is 2.88. The molecule has 0 aliphatic carbocycles. The normalized spacial score (nSPS) is 13.8. The van der Waals surface area contributed by atoms with Crippen molar-refractivity contribution in [3.8, 4) is 0 Å². The minimum Gasteiger partial charge on any atom is -0.723 e. The molecule has 8 nitrogen and oxygen atoms in total. The molecule has 0 aliphatic heterocycles. The first-order valence-corrected chi connectivity index (χ1v) is 6.13. The molecule has 8 heteroatoms. The van der Waals surface area contributed by atoms with Gasteiger partial charge in [0.1, 0.15) is 13.1 Å². The summed E-state index contributed by atoms with van der Waals surface area (Å²) in [7, 11) is 0. The van der Waals surface area contributed by atoms with E-state index in [1.54, 1.807) is 0 Å². The number of carboxylic acids is 1. The first-order valence-electron chi connectivity index (χ1n) is 6.13. The van der Waals surface area contributed by atoms with Gasteiger partial charge in [-0.3, -0.25) is 9.59 Å². The summed E-state index contributed by atoms with van der Waals surface area (Å²) in [5.41, 5.74) is 0. The van der Waals surface area contributed by atoms with Crippen molar-refractivity contribution in [2.75, 3.05) is 45.9 Å². The van der Waals surface area contributed by atoms with Crippen LogP contribution in [0.25, 0.3) is 0 Å². The molecule has 19 heavy (non-hydrogen) atoms. The fraction of sp³-hybridized carbons (Fsp3) is 0.818. The van der Waals surface area contributed by atoms with Gasteiger partial charge in [0.05, 0.1) is 39.3 Å². The number of carboxylic acid groups (broad SMARTS) is 1. The molecular formula is C11H22N2O6. The van der Waals surface area contributed by atoms with Crippen molar-refractivity contribution < 1.29 is 34.4 Å². The molecule has 3 N–H and O–H groups in total. The summed E-state index contributed by atoms with van der Waals surface area (Å²) in [5, 5.41) is 30.6. The molecule has 0 saturated heterocycles. The number of hydrogen-bond acceptors (Lipinski definition) is 5. The van der Waals surface area contributed by atoms with Crippen molar-refractivity contribution in [3.63, 3.8) is 0 Å². The first-order chi connectivity index (χ1) is 8.95. The van der Waals surface area contributed by atoms with Gasteiger partial charge in [-0.25, -0.2) is 0 Å². The van der Waals surface area contributed by atoms with Gasteiger partial charge in [-0.05, 0) is 0 Å². The van der Waals surface area contributed by atoms with Crippen LogP contribution < -0.4 is 10.6 Å². The second-order valence-electron chi connectivity index (χ2n) is 4.41. The Morgan fingerprint density at radius 3 is 2.42 bits per heavy atom. The lowest BCUT2D eigenvalue weighted by molar-refractivity contribution is -0.931. The predicted octanol–water partition coefficient (Wildman–Crippen LogP) is -2.30. The van der Waals surface area contributed by atoms with Crippen LogP contribution in [0.3, 0.4) is 0 Å². The lowest BCUT2D eigenvalue weighted by Gasteiger charge is -2.38. The molecule has 0 aromatic carbocycles. The van der Waals surface area contributed by atoms with Crippen molar-refractivity contribution >= 4 is 11.9 Å². The molecule has 0 saturated carbocycles. The van der Waals surface area contributed by atoms with Crippen LogP contribution in [0, 0.1) is 0 Å². The Bertz CT molecular complexity index is 286. The topological polar surface area (TPSA) is 119 Å².